The Kier molecular flexibility index (Phi) is 12.4. The number of phenolic OH excluding ortho intramolecular Hbond substituents is 2. The van der Waals surface area contributed by atoms with E-state index in [1.165, 1.54) is 0 Å². The fraction of sp³-hybridized carbons (Fsp3) is 0.378. The molecule has 0 saturated heterocycles. The van der Waals surface area contributed by atoms with E-state index in [1.54, 1.807) is 42.6 Å². The molecule has 0 unspecified atom stereocenters. The molecule has 3 atom stereocenters. The van der Waals surface area contributed by atoms with E-state index in [-0.39, 0.29) is 47.6 Å². The van der Waals surface area contributed by atoms with Crippen LogP contribution in [0.3, 0.4) is 0 Å². The molecule has 9 heteroatoms. The number of allylic oxidation sites excluding steroid dienone is 5. The molecule has 0 amide bonds. The summed E-state index contributed by atoms with van der Waals surface area (Å²) in [6, 6.07) is 16.0. The van der Waals surface area contributed by atoms with Gasteiger partial charge in [-0.05, 0) is 108 Å². The molecule has 9 nitrogen and oxygen atoms in total. The Labute approximate surface area is 317 Å². The van der Waals surface area contributed by atoms with Crippen molar-refractivity contribution in [3.63, 3.8) is 0 Å². The van der Waals surface area contributed by atoms with Gasteiger partial charge < -0.3 is 36.6 Å². The molecule has 3 aromatic carbocycles. The first-order chi connectivity index (χ1) is 26.0. The van der Waals surface area contributed by atoms with Gasteiger partial charge in [0.05, 0.1) is 31.0 Å². The molecule has 0 bridgehead atoms. The van der Waals surface area contributed by atoms with Crippen molar-refractivity contribution in [2.45, 2.75) is 95.7 Å². The number of phenols is 2. The number of aromatic hydroxyl groups is 2. The van der Waals surface area contributed by atoms with Crippen molar-refractivity contribution in [1.29, 1.82) is 0 Å². The molecule has 1 fully saturated rings. The van der Waals surface area contributed by atoms with Gasteiger partial charge in [0.25, 0.3) is 0 Å². The van der Waals surface area contributed by atoms with E-state index in [1.807, 2.05) is 36.4 Å². The van der Waals surface area contributed by atoms with Gasteiger partial charge in [-0.1, -0.05) is 68.0 Å². The zero-order chi connectivity index (χ0) is 38.2. The third-order valence-electron chi connectivity index (χ3n) is 10.9. The number of ketones is 1. The molecule has 1 saturated carbocycles. The third kappa shape index (κ3) is 9.31. The van der Waals surface area contributed by atoms with Gasteiger partial charge in [0, 0.05) is 36.1 Å². The van der Waals surface area contributed by atoms with Gasteiger partial charge in [0.15, 0.2) is 17.3 Å². The predicted molar refractivity (Wildman–Crippen MR) is 209 cm³/mol. The second kappa shape index (κ2) is 17.3. The monoisotopic (exact) mass is 728 g/mol. The number of hydrogen-bond acceptors (Lipinski definition) is 9. The van der Waals surface area contributed by atoms with Crippen molar-refractivity contribution in [2.75, 3.05) is 6.61 Å². The minimum atomic E-state index is -0.696. The van der Waals surface area contributed by atoms with Crippen LogP contribution >= 0.6 is 0 Å². The maximum absolute atomic E-state index is 13.7. The maximum Gasteiger partial charge on any atom is 0.161 e. The number of carbonyl (C=O) groups excluding carboxylic acids is 1. The summed E-state index contributed by atoms with van der Waals surface area (Å²) in [6.07, 6.45) is 13.3. The van der Waals surface area contributed by atoms with Crippen LogP contribution in [0.5, 0.6) is 17.2 Å². The molecule has 7 N–H and O–H groups in total. The number of aliphatic imine (C=N–C) groups is 1. The number of aryl methyl sites for hydroxylation is 1. The van der Waals surface area contributed by atoms with E-state index >= 15 is 0 Å². The highest BCUT2D eigenvalue weighted by atomic mass is 16.5. The summed E-state index contributed by atoms with van der Waals surface area (Å²) in [4.78, 5) is 17.2. The van der Waals surface area contributed by atoms with Crippen LogP contribution in [0, 0.1) is 17.3 Å². The number of carbonyl (C=O) groups is 1. The van der Waals surface area contributed by atoms with Gasteiger partial charge in [0.1, 0.15) is 5.75 Å². The lowest BCUT2D eigenvalue weighted by Gasteiger charge is -2.27. The Morgan fingerprint density at radius 3 is 2.63 bits per heavy atom. The van der Waals surface area contributed by atoms with Gasteiger partial charge in [-0.15, -0.1) is 5.76 Å². The minimum absolute atomic E-state index is 0.00435. The second-order valence-corrected chi connectivity index (χ2v) is 14.8. The summed E-state index contributed by atoms with van der Waals surface area (Å²) in [7, 11) is 0. The van der Waals surface area contributed by atoms with E-state index in [0.717, 1.165) is 48.8 Å². The average molecular weight is 729 g/mol. The number of unbranched alkanes of at least 4 members (excludes halogenated alkanes) is 1. The van der Waals surface area contributed by atoms with Crippen molar-refractivity contribution in [3.8, 4) is 29.1 Å². The lowest BCUT2D eigenvalue weighted by molar-refractivity contribution is -0.307. The van der Waals surface area contributed by atoms with Crippen molar-refractivity contribution in [3.05, 3.63) is 124 Å². The van der Waals surface area contributed by atoms with Gasteiger partial charge in [0.2, 0.25) is 0 Å². The summed E-state index contributed by atoms with van der Waals surface area (Å²) in [5.74, 6) is 6.21. The van der Waals surface area contributed by atoms with E-state index in [2.05, 4.69) is 23.8 Å². The lowest BCUT2D eigenvalue weighted by Crippen LogP contribution is -2.21. The molecule has 2 aliphatic carbocycles. The van der Waals surface area contributed by atoms with E-state index < -0.39 is 12.1 Å². The van der Waals surface area contributed by atoms with Crippen LogP contribution in [-0.4, -0.2) is 39.5 Å². The molecule has 3 aromatic rings. The summed E-state index contributed by atoms with van der Waals surface area (Å²) < 4.78 is 6.05. The molecule has 3 aliphatic rings. The quantitative estimate of drug-likeness (QED) is 0.0733. The first kappa shape index (κ1) is 38.6. The largest absolute Gasteiger partial charge is 0.875 e. The number of rotatable bonds is 14. The number of nitrogens with two attached hydrogens (primary N) is 2. The average Bonchev–Trinajstić information content (AvgIpc) is 3.79. The van der Waals surface area contributed by atoms with E-state index in [9.17, 15) is 25.2 Å². The molecule has 0 aromatic heterocycles. The number of hydrogen-bond donors (Lipinski definition) is 5. The highest BCUT2D eigenvalue weighted by Gasteiger charge is 2.35. The number of ether oxygens (including phenoxy) is 1. The molecule has 54 heavy (non-hydrogen) atoms. The molecule has 282 valence electrons. The van der Waals surface area contributed by atoms with Gasteiger partial charge in [-0.2, -0.15) is 0 Å². The third-order valence-corrected chi connectivity index (χ3v) is 10.9. The Morgan fingerprint density at radius 2 is 1.87 bits per heavy atom. The number of benzene rings is 3. The van der Waals surface area contributed by atoms with Crippen molar-refractivity contribution < 1.29 is 30.0 Å². The highest BCUT2D eigenvalue weighted by Crippen LogP contribution is 2.44. The first-order valence-electron chi connectivity index (χ1n) is 19.0. The summed E-state index contributed by atoms with van der Waals surface area (Å²) in [6.45, 7) is 2.39. The Bertz CT molecular complexity index is 2050. The SMILES string of the molecule is CCCC[C@@]1(/C=C/C(=O)CCc2ccc(O)c(OCCc3ccc(O)c([C@@H]4CC([O-])=C5C=CN=C5CC#Cc5cc(C(N)N)ccc54)c3)c2)CC[C@H](O)C1. The standard InChI is InChI=1S/C45H51N3O6/c1-2-3-19-45(21-16-34(50)28-45)20-15-33(49)11-7-29-9-14-41(52)43(25-29)54-23-18-30-8-13-40(51)38(24-30)37-27-42(53)36-17-22-48-39(36)6-4-5-31-26-32(44(46)47)10-12-35(31)37/h8-10,12-15,17,20,22,24-26,34,37,44,50-53H,2-3,6-7,11,16,18-19,21,23,27-28,46-47H2,1H3/p-1/b20-15+,42-36?/t34-,37+,45+/m0/s1. The van der Waals surface area contributed by atoms with Crippen LogP contribution in [0.25, 0.3) is 0 Å². The second-order valence-electron chi connectivity index (χ2n) is 14.8. The first-order valence-corrected chi connectivity index (χ1v) is 19.0. The number of fused-ring (bicyclic) bond motifs is 2. The van der Waals surface area contributed by atoms with Crippen molar-refractivity contribution >= 4 is 11.5 Å². The molecule has 0 radical (unpaired) electrons. The molecule has 6 rings (SSSR count). The van der Waals surface area contributed by atoms with E-state index in [0.29, 0.717) is 65.8 Å². The van der Waals surface area contributed by atoms with Gasteiger partial charge in [-0.3, -0.25) is 9.79 Å². The topological polar surface area (TPSA) is 174 Å². The van der Waals surface area contributed by atoms with Gasteiger partial charge >= 0.3 is 0 Å². The van der Waals surface area contributed by atoms with Crippen LogP contribution in [-0.2, 0) is 17.6 Å². The lowest BCUT2D eigenvalue weighted by atomic mass is 9.80. The summed E-state index contributed by atoms with van der Waals surface area (Å²) >= 11 is 0. The van der Waals surface area contributed by atoms with Crippen LogP contribution in [0.4, 0.5) is 0 Å². The summed E-state index contributed by atoms with van der Waals surface area (Å²) in [5, 5.41) is 45.6. The molecule has 0 spiro atoms. The van der Waals surface area contributed by atoms with Crippen molar-refractivity contribution in [1.82, 2.24) is 0 Å². The zero-order valence-corrected chi connectivity index (χ0v) is 30.9. The smallest absolute Gasteiger partial charge is 0.161 e. The van der Waals surface area contributed by atoms with Crippen LogP contribution in [0.15, 0.2) is 95.3 Å². The molecule has 1 heterocycles. The predicted octanol–water partition coefficient (Wildman–Crippen LogP) is 6.27. The Morgan fingerprint density at radius 1 is 1.07 bits per heavy atom. The van der Waals surface area contributed by atoms with Crippen LogP contribution in [0.2, 0.25) is 0 Å². The normalized spacial score (nSPS) is 20.8. The fourth-order valence-electron chi connectivity index (χ4n) is 7.75. The minimum Gasteiger partial charge on any atom is -0.875 e. The number of aliphatic hydroxyl groups excluding tert-OH is 1. The van der Waals surface area contributed by atoms with Crippen molar-refractivity contribution in [2.24, 2.45) is 21.9 Å². The molecular weight excluding hydrogens is 679 g/mol. The number of aliphatic hydroxyl groups is 1. The maximum atomic E-state index is 13.7. The fourth-order valence-corrected chi connectivity index (χ4v) is 7.75. The van der Waals surface area contributed by atoms with Crippen LogP contribution in [0.1, 0.15) is 110 Å². The molecular formula is C45H50N3O6-. The van der Waals surface area contributed by atoms with E-state index in [4.69, 9.17) is 16.2 Å². The Hall–Kier alpha value is -5.14. The van der Waals surface area contributed by atoms with Gasteiger partial charge in [-0.25, -0.2) is 0 Å². The molecule has 1 aliphatic heterocycles. The number of nitrogens with zero attached hydrogens (tertiary/aromatic N) is 1. The van der Waals surface area contributed by atoms with Crippen LogP contribution < -0.4 is 21.3 Å². The summed E-state index contributed by atoms with van der Waals surface area (Å²) in [5.41, 5.74) is 17.6. The zero-order valence-electron chi connectivity index (χ0n) is 30.9. The highest BCUT2D eigenvalue weighted by molar-refractivity contribution is 6.06. The Balaban J connectivity index is 1.15.